The van der Waals surface area contributed by atoms with E-state index in [-0.39, 0.29) is 0 Å². The Balaban J connectivity index is 1.93. The third-order valence-electron chi connectivity index (χ3n) is 3.60. The van der Waals surface area contributed by atoms with E-state index in [1.54, 1.807) is 12.3 Å². The second-order valence-corrected chi connectivity index (χ2v) is 5.98. The average Bonchev–Trinajstić information content (AvgIpc) is 2.38. The highest BCUT2D eigenvalue weighted by Crippen LogP contribution is 2.31. The number of nitrogens with zero attached hydrogens (tertiary/aromatic N) is 1. The molecule has 1 aromatic heterocycles. The van der Waals surface area contributed by atoms with E-state index in [0.29, 0.717) is 27.7 Å². The van der Waals surface area contributed by atoms with E-state index >= 15 is 0 Å². The van der Waals surface area contributed by atoms with Crippen LogP contribution in [-0.2, 0) is 0 Å². The van der Waals surface area contributed by atoms with Gasteiger partial charge in [-0.15, -0.1) is 11.6 Å². The van der Waals surface area contributed by atoms with Crippen LogP contribution in [0.5, 0.6) is 0 Å². The standard InChI is InChI=1S/C13H17Cl3N2/c14-6-9-3-1-2-4-10(9)7-17-13-12(16)5-11(15)8-18-13/h5,8-10H,1-4,6-7H2,(H,17,18). The molecule has 1 saturated carbocycles. The fourth-order valence-electron chi connectivity index (χ4n) is 2.53. The lowest BCUT2D eigenvalue weighted by molar-refractivity contribution is 0.272. The molecule has 2 atom stereocenters. The summed E-state index contributed by atoms with van der Waals surface area (Å²) >= 11 is 17.9. The molecule has 5 heteroatoms. The topological polar surface area (TPSA) is 24.9 Å². The summed E-state index contributed by atoms with van der Waals surface area (Å²) in [6.07, 6.45) is 6.66. The van der Waals surface area contributed by atoms with Crippen molar-refractivity contribution in [2.45, 2.75) is 25.7 Å². The first kappa shape index (κ1) is 14.2. The number of alkyl halides is 1. The zero-order valence-electron chi connectivity index (χ0n) is 10.1. The Hall–Kier alpha value is -0.180. The van der Waals surface area contributed by atoms with Gasteiger partial charge in [-0.2, -0.15) is 0 Å². The molecule has 2 unspecified atom stereocenters. The molecule has 2 nitrogen and oxygen atoms in total. The number of halogens is 3. The third-order valence-corrected chi connectivity index (χ3v) is 4.50. The van der Waals surface area contributed by atoms with Gasteiger partial charge < -0.3 is 5.32 Å². The van der Waals surface area contributed by atoms with Gasteiger partial charge in [0.05, 0.1) is 10.0 Å². The van der Waals surface area contributed by atoms with Gasteiger partial charge in [-0.05, 0) is 30.7 Å². The molecule has 100 valence electrons. The number of rotatable bonds is 4. The van der Waals surface area contributed by atoms with Gasteiger partial charge in [0, 0.05) is 18.6 Å². The Morgan fingerprint density at radius 1 is 1.22 bits per heavy atom. The summed E-state index contributed by atoms with van der Waals surface area (Å²) in [5, 5.41) is 4.44. The lowest BCUT2D eigenvalue weighted by Crippen LogP contribution is -2.27. The van der Waals surface area contributed by atoms with Crippen molar-refractivity contribution in [3.05, 3.63) is 22.3 Å². The Kier molecular flexibility index (Phi) is 5.40. The summed E-state index contributed by atoms with van der Waals surface area (Å²) in [5.74, 6) is 2.68. The predicted molar refractivity (Wildman–Crippen MR) is 78.9 cm³/mol. The van der Waals surface area contributed by atoms with Gasteiger partial charge in [0.2, 0.25) is 0 Å². The first-order chi connectivity index (χ1) is 8.70. The molecule has 2 rings (SSSR count). The SMILES string of the molecule is ClCC1CCCCC1CNc1ncc(Cl)cc1Cl. The van der Waals surface area contributed by atoms with Crippen LogP contribution in [0.3, 0.4) is 0 Å². The summed E-state index contributed by atoms with van der Waals surface area (Å²) in [4.78, 5) is 4.21. The Labute approximate surface area is 123 Å². The predicted octanol–water partition coefficient (Wildman–Crippen LogP) is 4.85. The van der Waals surface area contributed by atoms with Crippen molar-refractivity contribution in [2.75, 3.05) is 17.7 Å². The fourth-order valence-corrected chi connectivity index (χ4v) is 3.38. The molecule has 0 radical (unpaired) electrons. The van der Waals surface area contributed by atoms with Crippen LogP contribution in [0.1, 0.15) is 25.7 Å². The van der Waals surface area contributed by atoms with Crippen molar-refractivity contribution in [1.29, 1.82) is 0 Å². The zero-order chi connectivity index (χ0) is 13.0. The van der Waals surface area contributed by atoms with E-state index in [0.717, 1.165) is 12.4 Å². The van der Waals surface area contributed by atoms with Crippen LogP contribution in [-0.4, -0.2) is 17.4 Å². The minimum Gasteiger partial charge on any atom is -0.369 e. The summed E-state index contributed by atoms with van der Waals surface area (Å²) in [7, 11) is 0. The molecular formula is C13H17Cl3N2. The molecule has 1 aliphatic rings. The quantitative estimate of drug-likeness (QED) is 0.805. The lowest BCUT2D eigenvalue weighted by Gasteiger charge is -2.30. The fraction of sp³-hybridized carbons (Fsp3) is 0.615. The molecule has 0 aromatic carbocycles. The first-order valence-electron chi connectivity index (χ1n) is 6.31. The van der Waals surface area contributed by atoms with Crippen LogP contribution in [0, 0.1) is 11.8 Å². The molecule has 1 N–H and O–H groups in total. The first-order valence-corrected chi connectivity index (χ1v) is 7.60. The summed E-state index contributed by atoms with van der Waals surface area (Å²) in [6, 6.07) is 1.71. The van der Waals surface area contributed by atoms with Crippen molar-refractivity contribution in [1.82, 2.24) is 4.98 Å². The van der Waals surface area contributed by atoms with E-state index in [4.69, 9.17) is 34.8 Å². The smallest absolute Gasteiger partial charge is 0.144 e. The van der Waals surface area contributed by atoms with Crippen LogP contribution < -0.4 is 5.32 Å². The summed E-state index contributed by atoms with van der Waals surface area (Å²) in [6.45, 7) is 0.881. The number of nitrogens with one attached hydrogen (secondary N) is 1. The van der Waals surface area contributed by atoms with E-state index < -0.39 is 0 Å². The van der Waals surface area contributed by atoms with E-state index in [9.17, 15) is 0 Å². The van der Waals surface area contributed by atoms with Crippen molar-refractivity contribution >= 4 is 40.6 Å². The Morgan fingerprint density at radius 3 is 2.61 bits per heavy atom. The van der Waals surface area contributed by atoms with Crippen LogP contribution in [0.4, 0.5) is 5.82 Å². The summed E-state index contributed by atoms with van der Waals surface area (Å²) in [5.41, 5.74) is 0. The van der Waals surface area contributed by atoms with E-state index in [2.05, 4.69) is 10.3 Å². The Morgan fingerprint density at radius 2 is 1.94 bits per heavy atom. The third kappa shape index (κ3) is 3.66. The molecule has 0 amide bonds. The number of hydrogen-bond acceptors (Lipinski definition) is 2. The lowest BCUT2D eigenvalue weighted by atomic mass is 9.80. The van der Waals surface area contributed by atoms with Gasteiger partial charge in [-0.25, -0.2) is 4.98 Å². The molecule has 0 bridgehead atoms. The van der Waals surface area contributed by atoms with Crippen molar-refractivity contribution in [3.63, 3.8) is 0 Å². The number of pyridine rings is 1. The maximum absolute atomic E-state index is 6.08. The normalized spacial score (nSPS) is 23.9. The number of anilines is 1. The van der Waals surface area contributed by atoms with Crippen molar-refractivity contribution < 1.29 is 0 Å². The van der Waals surface area contributed by atoms with Crippen LogP contribution in [0.15, 0.2) is 12.3 Å². The molecule has 0 saturated heterocycles. The molecule has 0 spiro atoms. The van der Waals surface area contributed by atoms with Crippen LogP contribution in [0.25, 0.3) is 0 Å². The maximum Gasteiger partial charge on any atom is 0.144 e. The van der Waals surface area contributed by atoms with E-state index in [1.807, 2.05) is 0 Å². The largest absolute Gasteiger partial charge is 0.369 e. The van der Waals surface area contributed by atoms with Gasteiger partial charge in [0.25, 0.3) is 0 Å². The molecule has 1 fully saturated rings. The monoisotopic (exact) mass is 306 g/mol. The molecule has 1 aliphatic carbocycles. The second-order valence-electron chi connectivity index (χ2n) is 4.82. The van der Waals surface area contributed by atoms with Gasteiger partial charge in [0.15, 0.2) is 0 Å². The molecule has 1 aromatic rings. The molecular weight excluding hydrogens is 291 g/mol. The molecule has 18 heavy (non-hydrogen) atoms. The van der Waals surface area contributed by atoms with Crippen molar-refractivity contribution in [3.8, 4) is 0 Å². The van der Waals surface area contributed by atoms with Crippen LogP contribution >= 0.6 is 34.8 Å². The molecule has 0 aliphatic heterocycles. The minimum atomic E-state index is 0.557. The number of hydrogen-bond donors (Lipinski definition) is 1. The molecule has 1 heterocycles. The highest BCUT2D eigenvalue weighted by molar-refractivity contribution is 6.35. The highest BCUT2D eigenvalue weighted by Gasteiger charge is 2.24. The van der Waals surface area contributed by atoms with Gasteiger partial charge >= 0.3 is 0 Å². The Bertz CT molecular complexity index is 398. The van der Waals surface area contributed by atoms with Gasteiger partial charge in [-0.1, -0.05) is 36.0 Å². The van der Waals surface area contributed by atoms with Crippen LogP contribution in [0.2, 0.25) is 10.0 Å². The average molecular weight is 308 g/mol. The highest BCUT2D eigenvalue weighted by atomic mass is 35.5. The van der Waals surface area contributed by atoms with E-state index in [1.165, 1.54) is 25.7 Å². The summed E-state index contributed by atoms with van der Waals surface area (Å²) < 4.78 is 0. The second kappa shape index (κ2) is 6.83. The maximum atomic E-state index is 6.08. The van der Waals surface area contributed by atoms with Crippen molar-refractivity contribution in [2.24, 2.45) is 11.8 Å². The minimum absolute atomic E-state index is 0.557. The van der Waals surface area contributed by atoms with Gasteiger partial charge in [-0.3, -0.25) is 0 Å². The van der Waals surface area contributed by atoms with Gasteiger partial charge in [0.1, 0.15) is 5.82 Å². The number of aromatic nitrogens is 1. The zero-order valence-corrected chi connectivity index (χ0v) is 12.4.